The summed E-state index contributed by atoms with van der Waals surface area (Å²) >= 11 is 0. The second-order valence-corrected chi connectivity index (χ2v) is 13.4. The Hall–Kier alpha value is -1.40. The number of carbonyl (C=O) groups excluding carboxylic acids is 2. The minimum Gasteiger partial charge on any atom is -0.458 e. The zero-order valence-electron chi connectivity index (χ0n) is 22.7. The van der Waals surface area contributed by atoms with Crippen LogP contribution in [0.4, 0.5) is 0 Å². The molecule has 0 aromatic rings. The average molecular weight is 551 g/mol. The summed E-state index contributed by atoms with van der Waals surface area (Å²) in [6.07, 6.45) is 0.689. The van der Waals surface area contributed by atoms with Crippen LogP contribution in [0.2, 0.25) is 0 Å². The van der Waals surface area contributed by atoms with Crippen LogP contribution < -0.4 is 0 Å². The van der Waals surface area contributed by atoms with Crippen molar-refractivity contribution in [3.8, 4) is 0 Å². The topological polar surface area (TPSA) is 163 Å². The molecule has 10 heteroatoms. The van der Waals surface area contributed by atoms with Gasteiger partial charge < -0.3 is 44.5 Å². The van der Waals surface area contributed by atoms with Crippen molar-refractivity contribution in [2.75, 3.05) is 6.61 Å². The van der Waals surface area contributed by atoms with E-state index in [-0.39, 0.29) is 36.8 Å². The highest BCUT2D eigenvalue weighted by atomic mass is 16.7. The van der Waals surface area contributed by atoms with E-state index in [0.29, 0.717) is 44.9 Å². The Morgan fingerprint density at radius 1 is 0.974 bits per heavy atom. The second-order valence-electron chi connectivity index (χ2n) is 13.4. The molecule has 4 aliphatic carbocycles. The quantitative estimate of drug-likeness (QED) is 0.192. The van der Waals surface area contributed by atoms with Crippen LogP contribution in [0.15, 0.2) is 11.6 Å². The summed E-state index contributed by atoms with van der Waals surface area (Å²) in [4.78, 5) is 24.8. The molecule has 1 saturated heterocycles. The molecule has 5 N–H and O–H groups in total. The summed E-state index contributed by atoms with van der Waals surface area (Å²) in [6.45, 7) is 3.98. The minimum atomic E-state index is -1.43. The SMILES string of the molecule is C[C@H]1O[C@@H](O[C@H]2CC[C@]3(C=O)[C@H]4CC[C@]5(C)[C@@H](C6=CC(=O)OC6)CC[C@]5(O)[C@@H]4CC[C@]3(O)C2)[C@H](O)[C@H](O)[C@@H]1O. The van der Waals surface area contributed by atoms with Crippen LogP contribution >= 0.6 is 0 Å². The summed E-state index contributed by atoms with van der Waals surface area (Å²) in [6, 6.07) is 0. The van der Waals surface area contributed by atoms with E-state index in [9.17, 15) is 35.1 Å². The maximum atomic E-state index is 13.0. The number of hydrogen-bond donors (Lipinski definition) is 5. The highest BCUT2D eigenvalue weighted by Crippen LogP contribution is 2.70. The number of fused-ring (bicyclic) bond motifs is 5. The van der Waals surface area contributed by atoms with Crippen LogP contribution in [-0.2, 0) is 23.8 Å². The van der Waals surface area contributed by atoms with Gasteiger partial charge in [0.15, 0.2) is 6.29 Å². The van der Waals surface area contributed by atoms with E-state index in [1.165, 1.54) is 0 Å². The van der Waals surface area contributed by atoms with Gasteiger partial charge in [-0.2, -0.15) is 0 Å². The third kappa shape index (κ3) is 3.78. The van der Waals surface area contributed by atoms with Crippen molar-refractivity contribution in [2.24, 2.45) is 28.6 Å². The van der Waals surface area contributed by atoms with Gasteiger partial charge in [0.2, 0.25) is 0 Å². The van der Waals surface area contributed by atoms with Crippen molar-refractivity contribution in [2.45, 2.75) is 120 Å². The van der Waals surface area contributed by atoms with Crippen LogP contribution in [-0.4, -0.2) is 92.4 Å². The maximum absolute atomic E-state index is 13.0. The Balaban J connectivity index is 1.22. The van der Waals surface area contributed by atoms with Crippen LogP contribution in [0.1, 0.15) is 71.6 Å². The van der Waals surface area contributed by atoms with Gasteiger partial charge in [-0.1, -0.05) is 6.92 Å². The van der Waals surface area contributed by atoms with Crippen LogP contribution in [0.5, 0.6) is 0 Å². The largest absolute Gasteiger partial charge is 0.458 e. The summed E-state index contributed by atoms with van der Waals surface area (Å²) in [5.74, 6) is -0.616. The first-order chi connectivity index (χ1) is 18.4. The van der Waals surface area contributed by atoms with Gasteiger partial charge in [-0.25, -0.2) is 4.79 Å². The third-order valence-electron chi connectivity index (χ3n) is 12.0. The molecule has 10 nitrogen and oxygen atoms in total. The average Bonchev–Trinajstić information content (AvgIpc) is 3.45. The Kier molecular flexibility index (Phi) is 6.62. The van der Waals surface area contributed by atoms with Gasteiger partial charge in [-0.3, -0.25) is 0 Å². The molecular weight excluding hydrogens is 508 g/mol. The van der Waals surface area contributed by atoms with Gasteiger partial charge in [0.1, 0.15) is 31.2 Å². The molecule has 0 bridgehead atoms. The number of rotatable bonds is 4. The highest BCUT2D eigenvalue weighted by Gasteiger charge is 2.71. The van der Waals surface area contributed by atoms with Crippen molar-refractivity contribution in [1.82, 2.24) is 0 Å². The molecule has 5 fully saturated rings. The number of aliphatic hydroxyl groups is 5. The van der Waals surface area contributed by atoms with Gasteiger partial charge in [0.25, 0.3) is 0 Å². The van der Waals surface area contributed by atoms with Crippen LogP contribution in [0, 0.1) is 28.6 Å². The lowest BCUT2D eigenvalue weighted by Crippen LogP contribution is -2.69. The van der Waals surface area contributed by atoms with Gasteiger partial charge in [0.05, 0.1) is 28.8 Å². The first-order valence-corrected chi connectivity index (χ1v) is 14.5. The van der Waals surface area contributed by atoms with Crippen molar-refractivity contribution in [1.29, 1.82) is 0 Å². The lowest BCUT2D eigenvalue weighted by Gasteiger charge is -2.65. The molecule has 0 unspecified atom stereocenters. The smallest absolute Gasteiger partial charge is 0.331 e. The van der Waals surface area contributed by atoms with Gasteiger partial charge in [-0.15, -0.1) is 0 Å². The van der Waals surface area contributed by atoms with Gasteiger partial charge in [-0.05, 0) is 81.6 Å². The number of aldehydes is 1. The first-order valence-electron chi connectivity index (χ1n) is 14.5. The number of esters is 1. The third-order valence-corrected chi connectivity index (χ3v) is 12.0. The maximum Gasteiger partial charge on any atom is 0.331 e. The monoisotopic (exact) mass is 550 g/mol. The molecule has 13 atom stereocenters. The standard InChI is InChI=1S/C29H42O10/c1-15-22(32)23(33)24(34)25(38-15)39-17-3-8-27(14-30)19-4-7-26(2)18(16-11-21(31)37-13-16)6-10-29(26,36)20(19)5-9-28(27,35)12-17/h11,14-15,17-20,22-25,32-36H,3-10,12-13H2,1-2H3/t15-,17+,18-,19+,20-,22-,23-,24-,25+,26-,27+,28+,29+/m1/s1. The number of aliphatic hydroxyl groups excluding tert-OH is 3. The fourth-order valence-electron chi connectivity index (χ4n) is 9.75. The molecule has 2 heterocycles. The normalized spacial score (nSPS) is 55.2. The fraction of sp³-hybridized carbons (Fsp3) is 0.862. The summed E-state index contributed by atoms with van der Waals surface area (Å²) in [7, 11) is 0. The molecule has 2 aliphatic heterocycles. The van der Waals surface area contributed by atoms with E-state index in [1.807, 2.05) is 0 Å². The number of ether oxygens (including phenoxy) is 3. The molecule has 6 aliphatic rings. The van der Waals surface area contributed by atoms with E-state index in [0.717, 1.165) is 18.3 Å². The molecule has 218 valence electrons. The Labute approximate surface area is 228 Å². The Bertz CT molecular complexity index is 1050. The van der Waals surface area contributed by atoms with E-state index in [2.05, 4.69) is 6.92 Å². The zero-order chi connectivity index (χ0) is 28.0. The number of carbonyl (C=O) groups is 2. The van der Waals surface area contributed by atoms with E-state index in [4.69, 9.17) is 14.2 Å². The lowest BCUT2D eigenvalue weighted by atomic mass is 9.41. The van der Waals surface area contributed by atoms with Crippen LogP contribution in [0.25, 0.3) is 0 Å². The van der Waals surface area contributed by atoms with Gasteiger partial charge in [0, 0.05) is 17.9 Å². The molecule has 6 rings (SSSR count). The molecule has 39 heavy (non-hydrogen) atoms. The Morgan fingerprint density at radius 2 is 1.72 bits per heavy atom. The van der Waals surface area contributed by atoms with Crippen molar-refractivity contribution >= 4 is 12.3 Å². The first kappa shape index (κ1) is 27.8. The highest BCUT2D eigenvalue weighted by molar-refractivity contribution is 5.85. The molecule has 4 saturated carbocycles. The van der Waals surface area contributed by atoms with Crippen molar-refractivity contribution < 1.29 is 49.3 Å². The van der Waals surface area contributed by atoms with Crippen molar-refractivity contribution in [3.63, 3.8) is 0 Å². The number of cyclic esters (lactones) is 1. The molecule has 0 radical (unpaired) electrons. The summed E-state index contributed by atoms with van der Waals surface area (Å²) < 4.78 is 16.9. The Morgan fingerprint density at radius 3 is 2.41 bits per heavy atom. The van der Waals surface area contributed by atoms with E-state index in [1.54, 1.807) is 13.0 Å². The minimum absolute atomic E-state index is 0.0465. The summed E-state index contributed by atoms with van der Waals surface area (Å²) in [5, 5.41) is 55.0. The van der Waals surface area contributed by atoms with E-state index < -0.39 is 58.8 Å². The van der Waals surface area contributed by atoms with Gasteiger partial charge >= 0.3 is 5.97 Å². The predicted octanol–water partition coefficient (Wildman–Crippen LogP) is 0.750. The zero-order valence-corrected chi connectivity index (χ0v) is 22.7. The molecule has 0 spiro atoms. The predicted molar refractivity (Wildman–Crippen MR) is 135 cm³/mol. The van der Waals surface area contributed by atoms with Crippen LogP contribution in [0.3, 0.4) is 0 Å². The fourth-order valence-corrected chi connectivity index (χ4v) is 9.75. The molecule has 0 amide bonds. The molecule has 0 aromatic carbocycles. The molecule has 0 aromatic heterocycles. The number of hydrogen-bond acceptors (Lipinski definition) is 10. The van der Waals surface area contributed by atoms with E-state index >= 15 is 0 Å². The lowest BCUT2D eigenvalue weighted by molar-refractivity contribution is -0.317. The second kappa shape index (κ2) is 9.31. The summed E-state index contributed by atoms with van der Waals surface area (Å²) in [5.41, 5.74) is -2.86. The molecular formula is C29H42O10. The van der Waals surface area contributed by atoms with Crippen molar-refractivity contribution in [3.05, 3.63) is 11.6 Å².